The van der Waals surface area contributed by atoms with Gasteiger partial charge < -0.3 is 9.15 Å². The number of aryl methyl sites for hydroxylation is 1. The van der Waals surface area contributed by atoms with Crippen molar-refractivity contribution in [2.75, 3.05) is 0 Å². The first-order valence-corrected chi connectivity index (χ1v) is 9.23. The van der Waals surface area contributed by atoms with Gasteiger partial charge in [-0.25, -0.2) is 4.79 Å². The van der Waals surface area contributed by atoms with Gasteiger partial charge in [-0.15, -0.1) is 11.3 Å². The number of para-hydroxylation sites is 2. The van der Waals surface area contributed by atoms with Crippen LogP contribution in [0.4, 0.5) is 0 Å². The van der Waals surface area contributed by atoms with E-state index in [1.807, 2.05) is 61.5 Å². The zero-order chi connectivity index (χ0) is 17.2. The first kappa shape index (κ1) is 15.9. The van der Waals surface area contributed by atoms with Crippen molar-refractivity contribution in [1.82, 2.24) is 4.98 Å². The lowest BCUT2D eigenvalue weighted by atomic mass is 10.3. The van der Waals surface area contributed by atoms with Gasteiger partial charge in [-0.2, -0.15) is 4.98 Å². The molecule has 0 N–H and O–H groups in total. The summed E-state index contributed by atoms with van der Waals surface area (Å²) < 4.78 is 11.3. The minimum absolute atomic E-state index is 0.309. The van der Waals surface area contributed by atoms with Gasteiger partial charge in [0.05, 0.1) is 10.3 Å². The number of ether oxygens (including phenoxy) is 1. The summed E-state index contributed by atoms with van der Waals surface area (Å²) in [6.07, 6.45) is 0. The van der Waals surface area contributed by atoms with Crippen LogP contribution in [0.25, 0.3) is 10.2 Å². The van der Waals surface area contributed by atoms with Crippen LogP contribution in [-0.2, 0) is 0 Å². The molecule has 0 amide bonds. The molecule has 0 bridgehead atoms. The van der Waals surface area contributed by atoms with Crippen LogP contribution in [0.1, 0.15) is 4.88 Å². The Hall–Kier alpha value is -2.57. The second kappa shape index (κ2) is 6.74. The number of thiophene rings is 1. The van der Waals surface area contributed by atoms with Crippen LogP contribution < -0.4 is 10.4 Å². The zero-order valence-corrected chi connectivity index (χ0v) is 14.9. The highest BCUT2D eigenvalue weighted by Gasteiger charge is 2.13. The van der Waals surface area contributed by atoms with Gasteiger partial charge in [-0.05, 0) is 49.0 Å². The van der Waals surface area contributed by atoms with Crippen LogP contribution in [0, 0.1) is 6.92 Å². The van der Waals surface area contributed by atoms with E-state index < -0.39 is 0 Å². The summed E-state index contributed by atoms with van der Waals surface area (Å²) in [5, 5.41) is 0.837. The van der Waals surface area contributed by atoms with E-state index >= 15 is 0 Å². The highest BCUT2D eigenvalue weighted by Crippen LogP contribution is 2.36. The lowest BCUT2D eigenvalue weighted by Gasteiger charge is -2.09. The van der Waals surface area contributed by atoms with Crippen LogP contribution in [0.3, 0.4) is 0 Å². The van der Waals surface area contributed by atoms with Crippen LogP contribution >= 0.6 is 23.1 Å². The highest BCUT2D eigenvalue weighted by atomic mass is 32.2. The maximum absolute atomic E-state index is 12.1. The predicted octanol–water partition coefficient (Wildman–Crippen LogP) is 5.50. The fourth-order valence-electron chi connectivity index (χ4n) is 2.34. The molecule has 0 aliphatic carbocycles. The van der Waals surface area contributed by atoms with Crippen molar-refractivity contribution >= 4 is 33.3 Å². The highest BCUT2D eigenvalue weighted by molar-refractivity contribution is 7.99. The molecule has 2 aromatic carbocycles. The molecule has 0 aliphatic heterocycles. The van der Waals surface area contributed by atoms with Crippen molar-refractivity contribution in [3.63, 3.8) is 0 Å². The summed E-state index contributed by atoms with van der Waals surface area (Å²) in [6.45, 7) is 1.95. The van der Waals surface area contributed by atoms with E-state index in [1.54, 1.807) is 6.07 Å². The van der Waals surface area contributed by atoms with Gasteiger partial charge in [0.15, 0.2) is 0 Å². The van der Waals surface area contributed by atoms with E-state index in [0.29, 0.717) is 21.2 Å². The molecular weight excluding hydrogens is 354 g/mol. The molecule has 2 aromatic heterocycles. The molecule has 0 atom stereocenters. The third kappa shape index (κ3) is 3.45. The smallest absolute Gasteiger partial charge is 0.348 e. The van der Waals surface area contributed by atoms with Crippen LogP contribution in [0.15, 0.2) is 80.0 Å². The Balaban J connectivity index is 1.68. The van der Waals surface area contributed by atoms with Gasteiger partial charge in [0, 0.05) is 4.88 Å². The van der Waals surface area contributed by atoms with Crippen molar-refractivity contribution < 1.29 is 9.15 Å². The van der Waals surface area contributed by atoms with E-state index in [4.69, 9.17) is 9.15 Å². The van der Waals surface area contributed by atoms with Crippen molar-refractivity contribution in [2.45, 2.75) is 17.0 Å². The second-order valence-electron chi connectivity index (χ2n) is 5.31. The number of benzene rings is 2. The quantitative estimate of drug-likeness (QED) is 0.476. The third-order valence-electron chi connectivity index (χ3n) is 3.45. The standard InChI is InChI=1S/C19H13NO3S2/c1-12-11-14-17(24-12)20-19(23-18(14)21)25-16-10-6-5-9-15(16)22-13-7-3-2-4-8-13/h2-11H,1H3. The Bertz CT molecular complexity index is 1090. The second-order valence-corrected chi connectivity index (χ2v) is 7.53. The van der Waals surface area contributed by atoms with Crippen molar-refractivity contribution in [3.8, 4) is 11.5 Å². The van der Waals surface area contributed by atoms with E-state index in [0.717, 1.165) is 15.5 Å². The Labute approximate surface area is 152 Å². The summed E-state index contributed by atoms with van der Waals surface area (Å²) >= 11 is 2.76. The molecule has 0 saturated heterocycles. The lowest BCUT2D eigenvalue weighted by molar-refractivity contribution is 0.401. The zero-order valence-electron chi connectivity index (χ0n) is 13.3. The maximum Gasteiger partial charge on any atom is 0.348 e. The van der Waals surface area contributed by atoms with Gasteiger partial charge in [0.25, 0.3) is 5.22 Å². The summed E-state index contributed by atoms with van der Waals surface area (Å²) in [7, 11) is 0. The molecule has 0 fully saturated rings. The molecule has 124 valence electrons. The minimum atomic E-state index is -0.363. The molecule has 0 unspecified atom stereocenters. The molecule has 4 nitrogen and oxygen atoms in total. The fourth-order valence-corrected chi connectivity index (χ4v) is 4.06. The van der Waals surface area contributed by atoms with Crippen molar-refractivity contribution in [2.24, 2.45) is 0 Å². The number of fused-ring (bicyclic) bond motifs is 1. The van der Waals surface area contributed by atoms with Gasteiger partial charge in [0.2, 0.25) is 0 Å². The molecule has 6 heteroatoms. The van der Waals surface area contributed by atoms with Gasteiger partial charge in [-0.1, -0.05) is 30.3 Å². The number of nitrogens with zero attached hydrogens (tertiary/aromatic N) is 1. The Morgan fingerprint density at radius 3 is 2.68 bits per heavy atom. The van der Waals surface area contributed by atoms with Gasteiger partial charge >= 0.3 is 5.63 Å². The summed E-state index contributed by atoms with van der Waals surface area (Å²) in [4.78, 5) is 19.1. The van der Waals surface area contributed by atoms with Crippen molar-refractivity contribution in [3.05, 3.63) is 76.0 Å². The predicted molar refractivity (Wildman–Crippen MR) is 100.0 cm³/mol. The minimum Gasteiger partial charge on any atom is -0.456 e. The molecule has 0 aliphatic rings. The van der Waals surface area contributed by atoms with Crippen LogP contribution in [0.5, 0.6) is 11.5 Å². The molecule has 2 heterocycles. The average Bonchev–Trinajstić information content (AvgIpc) is 2.99. The van der Waals surface area contributed by atoms with Crippen LogP contribution in [0.2, 0.25) is 0 Å². The monoisotopic (exact) mass is 367 g/mol. The maximum atomic E-state index is 12.1. The number of aromatic nitrogens is 1. The third-order valence-corrected chi connectivity index (χ3v) is 5.30. The van der Waals surface area contributed by atoms with E-state index in [1.165, 1.54) is 23.1 Å². The number of hydrogen-bond donors (Lipinski definition) is 0. The largest absolute Gasteiger partial charge is 0.456 e. The lowest BCUT2D eigenvalue weighted by Crippen LogP contribution is -2.00. The molecule has 0 spiro atoms. The Kier molecular flexibility index (Phi) is 4.29. The molecule has 0 saturated carbocycles. The summed E-state index contributed by atoms with van der Waals surface area (Å²) in [5.74, 6) is 1.43. The van der Waals surface area contributed by atoms with Crippen molar-refractivity contribution in [1.29, 1.82) is 0 Å². The molecule has 4 rings (SSSR count). The summed E-state index contributed by atoms with van der Waals surface area (Å²) in [6, 6.07) is 18.9. The fraction of sp³-hybridized carbons (Fsp3) is 0.0526. The number of rotatable bonds is 4. The Morgan fingerprint density at radius 2 is 1.84 bits per heavy atom. The SMILES string of the molecule is Cc1cc2c(=O)oc(Sc3ccccc3Oc3ccccc3)nc2s1. The summed E-state index contributed by atoms with van der Waals surface area (Å²) in [5.41, 5.74) is -0.363. The van der Waals surface area contributed by atoms with E-state index in [9.17, 15) is 4.79 Å². The Morgan fingerprint density at radius 1 is 1.08 bits per heavy atom. The van der Waals surface area contributed by atoms with Gasteiger partial charge in [0.1, 0.15) is 16.3 Å². The topological polar surface area (TPSA) is 52.3 Å². The molecule has 4 aromatic rings. The van der Waals surface area contributed by atoms with E-state index in [2.05, 4.69) is 4.98 Å². The normalized spacial score (nSPS) is 10.9. The first-order valence-electron chi connectivity index (χ1n) is 7.60. The van der Waals surface area contributed by atoms with E-state index in [-0.39, 0.29) is 5.63 Å². The first-order chi connectivity index (χ1) is 12.2. The molecule has 25 heavy (non-hydrogen) atoms. The molecule has 0 radical (unpaired) electrons. The molecular formula is C19H13NO3S2. The average molecular weight is 367 g/mol. The number of hydrogen-bond acceptors (Lipinski definition) is 6. The van der Waals surface area contributed by atoms with Crippen LogP contribution in [-0.4, -0.2) is 4.98 Å². The van der Waals surface area contributed by atoms with Gasteiger partial charge in [-0.3, -0.25) is 0 Å².